The molecule has 1 fully saturated rings. The Bertz CT molecular complexity index is 287. The van der Waals surface area contributed by atoms with Gasteiger partial charge in [0.1, 0.15) is 0 Å². The van der Waals surface area contributed by atoms with Gasteiger partial charge in [-0.3, -0.25) is 0 Å². The standard InChI is InChI=1S/C13H19N/c1-3-14(2)11-13(9-10-13)12-7-5-4-6-8-12/h4-8H,3,9-11H2,1-2H3. The molecule has 14 heavy (non-hydrogen) atoms. The number of rotatable bonds is 4. The van der Waals surface area contributed by atoms with Crippen LogP contribution in [0.4, 0.5) is 0 Å². The Kier molecular flexibility index (Phi) is 2.60. The maximum Gasteiger partial charge on any atom is 0.00808 e. The van der Waals surface area contributed by atoms with Crippen LogP contribution in [0.1, 0.15) is 25.3 Å². The van der Waals surface area contributed by atoms with E-state index < -0.39 is 0 Å². The SMILES string of the molecule is CCN(C)CC1(c2ccccc2)CC1. The van der Waals surface area contributed by atoms with Gasteiger partial charge in [0.15, 0.2) is 0 Å². The zero-order chi connectivity index (χ0) is 10.0. The summed E-state index contributed by atoms with van der Waals surface area (Å²) in [4.78, 5) is 2.42. The van der Waals surface area contributed by atoms with Crippen molar-refractivity contribution in [3.05, 3.63) is 35.9 Å². The van der Waals surface area contributed by atoms with Crippen LogP contribution in [0.25, 0.3) is 0 Å². The van der Waals surface area contributed by atoms with Gasteiger partial charge in [-0.15, -0.1) is 0 Å². The second kappa shape index (κ2) is 3.74. The number of hydrogen-bond acceptors (Lipinski definition) is 1. The number of hydrogen-bond donors (Lipinski definition) is 0. The first kappa shape index (κ1) is 9.72. The van der Waals surface area contributed by atoms with Crippen molar-refractivity contribution < 1.29 is 0 Å². The largest absolute Gasteiger partial charge is 0.306 e. The first-order chi connectivity index (χ1) is 6.77. The number of nitrogens with zero attached hydrogens (tertiary/aromatic N) is 1. The van der Waals surface area contributed by atoms with Crippen LogP contribution in [0, 0.1) is 0 Å². The summed E-state index contributed by atoms with van der Waals surface area (Å²) in [5, 5.41) is 0. The molecular weight excluding hydrogens is 170 g/mol. The Hall–Kier alpha value is -0.820. The predicted octanol–water partition coefficient (Wildman–Crippen LogP) is 2.67. The van der Waals surface area contributed by atoms with E-state index in [1.165, 1.54) is 24.9 Å². The van der Waals surface area contributed by atoms with Gasteiger partial charge in [-0.2, -0.15) is 0 Å². The zero-order valence-corrected chi connectivity index (χ0v) is 9.16. The molecule has 0 spiro atoms. The van der Waals surface area contributed by atoms with Crippen molar-refractivity contribution in [1.29, 1.82) is 0 Å². The monoisotopic (exact) mass is 189 g/mol. The molecule has 0 aromatic heterocycles. The lowest BCUT2D eigenvalue weighted by Crippen LogP contribution is -2.28. The van der Waals surface area contributed by atoms with Gasteiger partial charge < -0.3 is 4.90 Å². The molecular formula is C13H19N. The first-order valence-electron chi connectivity index (χ1n) is 5.51. The van der Waals surface area contributed by atoms with Gasteiger partial charge in [0, 0.05) is 12.0 Å². The minimum absolute atomic E-state index is 0.492. The van der Waals surface area contributed by atoms with Gasteiger partial charge in [0.2, 0.25) is 0 Å². The van der Waals surface area contributed by atoms with Gasteiger partial charge in [-0.1, -0.05) is 37.3 Å². The van der Waals surface area contributed by atoms with Crippen molar-refractivity contribution in [2.45, 2.75) is 25.2 Å². The smallest absolute Gasteiger partial charge is 0.00808 e. The van der Waals surface area contributed by atoms with Gasteiger partial charge in [0.25, 0.3) is 0 Å². The van der Waals surface area contributed by atoms with Crippen LogP contribution in [0.3, 0.4) is 0 Å². The quantitative estimate of drug-likeness (QED) is 0.704. The minimum Gasteiger partial charge on any atom is -0.306 e. The van der Waals surface area contributed by atoms with Gasteiger partial charge >= 0.3 is 0 Å². The second-order valence-corrected chi connectivity index (χ2v) is 4.48. The summed E-state index contributed by atoms with van der Waals surface area (Å²) in [6.45, 7) is 4.59. The normalized spacial score (nSPS) is 18.5. The van der Waals surface area contributed by atoms with E-state index in [4.69, 9.17) is 0 Å². The summed E-state index contributed by atoms with van der Waals surface area (Å²) in [7, 11) is 2.21. The summed E-state index contributed by atoms with van der Waals surface area (Å²) >= 11 is 0. The molecule has 1 aliphatic carbocycles. The third-order valence-electron chi connectivity index (χ3n) is 3.35. The molecule has 0 atom stereocenters. The fourth-order valence-electron chi connectivity index (χ4n) is 2.11. The Labute approximate surface area is 86.7 Å². The minimum atomic E-state index is 0.492. The molecule has 0 aliphatic heterocycles. The molecule has 0 unspecified atom stereocenters. The van der Waals surface area contributed by atoms with Crippen LogP contribution < -0.4 is 0 Å². The maximum atomic E-state index is 2.42. The van der Waals surface area contributed by atoms with Crippen molar-refractivity contribution >= 4 is 0 Å². The molecule has 1 nitrogen and oxygen atoms in total. The summed E-state index contributed by atoms with van der Waals surface area (Å²) in [6, 6.07) is 11.0. The van der Waals surface area contributed by atoms with Gasteiger partial charge in [-0.05, 0) is 32.0 Å². The highest BCUT2D eigenvalue weighted by Gasteiger charge is 2.44. The van der Waals surface area contributed by atoms with Gasteiger partial charge in [-0.25, -0.2) is 0 Å². The molecule has 1 saturated carbocycles. The highest BCUT2D eigenvalue weighted by molar-refractivity contribution is 5.31. The molecule has 0 saturated heterocycles. The lowest BCUT2D eigenvalue weighted by Gasteiger charge is -2.22. The van der Waals surface area contributed by atoms with Crippen LogP contribution in [-0.4, -0.2) is 25.0 Å². The first-order valence-corrected chi connectivity index (χ1v) is 5.51. The Morgan fingerprint density at radius 3 is 2.36 bits per heavy atom. The molecule has 0 radical (unpaired) electrons. The summed E-state index contributed by atoms with van der Waals surface area (Å²) in [6.07, 6.45) is 2.72. The molecule has 1 aromatic rings. The number of benzene rings is 1. The van der Waals surface area contributed by atoms with E-state index in [2.05, 4.69) is 49.2 Å². The molecule has 2 rings (SSSR count). The molecule has 0 N–H and O–H groups in total. The highest BCUT2D eigenvalue weighted by atomic mass is 15.1. The maximum absolute atomic E-state index is 2.42. The summed E-state index contributed by atoms with van der Waals surface area (Å²) in [5.41, 5.74) is 2.02. The average molecular weight is 189 g/mol. The molecule has 1 aromatic carbocycles. The molecule has 0 amide bonds. The van der Waals surface area contributed by atoms with E-state index in [9.17, 15) is 0 Å². The predicted molar refractivity (Wildman–Crippen MR) is 60.5 cm³/mol. The van der Waals surface area contributed by atoms with Crippen molar-refractivity contribution in [2.75, 3.05) is 20.1 Å². The van der Waals surface area contributed by atoms with Crippen molar-refractivity contribution in [2.24, 2.45) is 0 Å². The lowest BCUT2D eigenvalue weighted by atomic mass is 9.95. The van der Waals surface area contributed by atoms with Crippen LogP contribution in [0.2, 0.25) is 0 Å². The van der Waals surface area contributed by atoms with Crippen molar-refractivity contribution in [3.63, 3.8) is 0 Å². The van der Waals surface area contributed by atoms with E-state index in [1.54, 1.807) is 0 Å². The topological polar surface area (TPSA) is 3.24 Å². The van der Waals surface area contributed by atoms with Crippen molar-refractivity contribution in [1.82, 2.24) is 4.90 Å². The van der Waals surface area contributed by atoms with E-state index in [-0.39, 0.29) is 0 Å². The van der Waals surface area contributed by atoms with Gasteiger partial charge in [0.05, 0.1) is 0 Å². The molecule has 0 heterocycles. The Morgan fingerprint density at radius 1 is 1.21 bits per heavy atom. The van der Waals surface area contributed by atoms with E-state index >= 15 is 0 Å². The van der Waals surface area contributed by atoms with Crippen LogP contribution in [-0.2, 0) is 5.41 Å². The van der Waals surface area contributed by atoms with Crippen LogP contribution in [0.15, 0.2) is 30.3 Å². The van der Waals surface area contributed by atoms with E-state index in [0.717, 1.165) is 6.54 Å². The summed E-state index contributed by atoms with van der Waals surface area (Å²) < 4.78 is 0. The molecule has 0 bridgehead atoms. The zero-order valence-electron chi connectivity index (χ0n) is 9.16. The molecule has 76 valence electrons. The fourth-order valence-corrected chi connectivity index (χ4v) is 2.11. The molecule has 1 heteroatoms. The third-order valence-corrected chi connectivity index (χ3v) is 3.35. The average Bonchev–Trinajstić information content (AvgIpc) is 3.00. The number of likely N-dealkylation sites (N-methyl/N-ethyl adjacent to an activating group) is 1. The third kappa shape index (κ3) is 1.83. The van der Waals surface area contributed by atoms with Crippen LogP contribution >= 0.6 is 0 Å². The highest BCUT2D eigenvalue weighted by Crippen LogP contribution is 2.48. The van der Waals surface area contributed by atoms with Crippen molar-refractivity contribution in [3.8, 4) is 0 Å². The Balaban J connectivity index is 2.10. The van der Waals surface area contributed by atoms with E-state index in [0.29, 0.717) is 5.41 Å². The fraction of sp³-hybridized carbons (Fsp3) is 0.538. The van der Waals surface area contributed by atoms with E-state index in [1.807, 2.05) is 0 Å². The summed E-state index contributed by atoms with van der Waals surface area (Å²) in [5.74, 6) is 0. The molecule has 1 aliphatic rings. The van der Waals surface area contributed by atoms with Crippen LogP contribution in [0.5, 0.6) is 0 Å². The second-order valence-electron chi connectivity index (χ2n) is 4.48. The Morgan fingerprint density at radius 2 is 1.86 bits per heavy atom. The lowest BCUT2D eigenvalue weighted by molar-refractivity contribution is 0.317.